The van der Waals surface area contributed by atoms with Gasteiger partial charge in [0.2, 0.25) is 0 Å². The van der Waals surface area contributed by atoms with Crippen molar-refractivity contribution in [2.45, 2.75) is 6.92 Å². The number of hydrazine groups is 1. The highest BCUT2D eigenvalue weighted by molar-refractivity contribution is 9.11. The summed E-state index contributed by atoms with van der Waals surface area (Å²) in [6.45, 7) is 2.02. The lowest BCUT2D eigenvalue weighted by atomic mass is 10.1. The summed E-state index contributed by atoms with van der Waals surface area (Å²) in [4.78, 5) is 11.1. The third-order valence-corrected chi connectivity index (χ3v) is 3.86. The van der Waals surface area contributed by atoms with Gasteiger partial charge in [-0.15, -0.1) is 0 Å². The number of rotatable bonds is 3. The fraction of sp³-hybridized carbons (Fsp3) is 0.0714. The molecule has 0 saturated heterocycles. The smallest absolute Gasteiger partial charge is 0.258 e. The van der Waals surface area contributed by atoms with Gasteiger partial charge in [-0.2, -0.15) is 0 Å². The van der Waals surface area contributed by atoms with Crippen molar-refractivity contribution in [1.29, 1.82) is 0 Å². The number of benzene rings is 1. The summed E-state index contributed by atoms with van der Waals surface area (Å²) in [6.07, 6.45) is 2.86. The number of nitrogens with two attached hydrogens (primary N) is 1. The second kappa shape index (κ2) is 6.39. The maximum absolute atomic E-state index is 11.1. The van der Waals surface area contributed by atoms with E-state index in [2.05, 4.69) is 31.9 Å². The number of nitrogens with one attached hydrogen (secondary N) is 1. The van der Waals surface area contributed by atoms with Crippen LogP contribution in [0.3, 0.4) is 0 Å². The Morgan fingerprint density at radius 2 is 2.05 bits per heavy atom. The van der Waals surface area contributed by atoms with Gasteiger partial charge in [0.25, 0.3) is 5.91 Å². The molecule has 0 aliphatic carbocycles. The van der Waals surface area contributed by atoms with Crippen molar-refractivity contribution in [2.75, 3.05) is 0 Å². The van der Waals surface area contributed by atoms with E-state index in [-0.39, 0.29) is 0 Å². The zero-order valence-corrected chi connectivity index (χ0v) is 13.8. The average Bonchev–Trinajstić information content (AvgIpc) is 2.77. The number of furan rings is 1. The Bertz CT molecular complexity index is 678. The van der Waals surface area contributed by atoms with Crippen LogP contribution in [0.25, 0.3) is 17.4 Å². The number of carbonyl (C=O) groups excluding carboxylic acids is 1. The van der Waals surface area contributed by atoms with Gasteiger partial charge >= 0.3 is 0 Å². The Hall–Kier alpha value is -1.37. The van der Waals surface area contributed by atoms with E-state index in [0.29, 0.717) is 11.5 Å². The van der Waals surface area contributed by atoms with E-state index in [1.807, 2.05) is 30.5 Å². The monoisotopic (exact) mass is 398 g/mol. The molecule has 6 heteroatoms. The van der Waals surface area contributed by atoms with E-state index >= 15 is 0 Å². The van der Waals surface area contributed by atoms with Crippen LogP contribution in [0.15, 0.2) is 43.7 Å². The van der Waals surface area contributed by atoms with Crippen LogP contribution in [0, 0.1) is 6.92 Å². The summed E-state index contributed by atoms with van der Waals surface area (Å²) in [5.41, 5.74) is 4.11. The molecule has 104 valence electrons. The van der Waals surface area contributed by atoms with Crippen LogP contribution >= 0.6 is 31.9 Å². The van der Waals surface area contributed by atoms with Gasteiger partial charge in [0, 0.05) is 16.1 Å². The Morgan fingerprint density at radius 3 is 2.70 bits per heavy atom. The van der Waals surface area contributed by atoms with Gasteiger partial charge in [0.1, 0.15) is 11.5 Å². The molecule has 0 aliphatic rings. The molecule has 0 unspecified atom stereocenters. The van der Waals surface area contributed by atoms with E-state index in [1.165, 1.54) is 6.08 Å². The van der Waals surface area contributed by atoms with Gasteiger partial charge in [-0.25, -0.2) is 5.84 Å². The van der Waals surface area contributed by atoms with Crippen LogP contribution in [-0.4, -0.2) is 5.91 Å². The fourth-order valence-corrected chi connectivity index (χ4v) is 2.86. The van der Waals surface area contributed by atoms with E-state index < -0.39 is 5.91 Å². The second-order valence-corrected chi connectivity index (χ2v) is 5.86. The van der Waals surface area contributed by atoms with Crippen molar-refractivity contribution in [2.24, 2.45) is 5.84 Å². The molecule has 1 aromatic carbocycles. The first-order chi connectivity index (χ1) is 9.51. The van der Waals surface area contributed by atoms with Gasteiger partial charge in [0.15, 0.2) is 0 Å². The molecule has 2 aromatic rings. The van der Waals surface area contributed by atoms with Crippen LogP contribution in [0.4, 0.5) is 0 Å². The van der Waals surface area contributed by atoms with Crippen LogP contribution in [-0.2, 0) is 4.79 Å². The standard InChI is InChI=1S/C14H12Br2N2O2/c1-8-2-4-10(11(15)6-8)14-12(16)7-9(20-14)3-5-13(19)18-17/h2-7H,17H2,1H3,(H,18,19)/b5-3+. The van der Waals surface area contributed by atoms with Crippen LogP contribution in [0.1, 0.15) is 11.3 Å². The first-order valence-corrected chi connectivity index (χ1v) is 7.34. The summed E-state index contributed by atoms with van der Waals surface area (Å²) in [7, 11) is 0. The minimum absolute atomic E-state index is 0.393. The van der Waals surface area contributed by atoms with Crippen molar-refractivity contribution in [3.8, 4) is 11.3 Å². The van der Waals surface area contributed by atoms with Gasteiger partial charge in [-0.3, -0.25) is 10.2 Å². The number of hydrogen-bond donors (Lipinski definition) is 2. The summed E-state index contributed by atoms with van der Waals surface area (Å²) < 4.78 is 7.49. The van der Waals surface area contributed by atoms with Crippen molar-refractivity contribution in [1.82, 2.24) is 5.43 Å². The van der Waals surface area contributed by atoms with E-state index in [4.69, 9.17) is 10.3 Å². The Kier molecular flexibility index (Phi) is 4.80. The van der Waals surface area contributed by atoms with Crippen molar-refractivity contribution in [3.05, 3.63) is 50.6 Å². The largest absolute Gasteiger partial charge is 0.455 e. The van der Waals surface area contributed by atoms with Gasteiger partial charge in [-0.1, -0.05) is 22.0 Å². The maximum atomic E-state index is 11.1. The highest BCUT2D eigenvalue weighted by atomic mass is 79.9. The molecule has 4 nitrogen and oxygen atoms in total. The Labute approximate surface area is 133 Å². The molecule has 3 N–H and O–H groups in total. The lowest BCUT2D eigenvalue weighted by molar-refractivity contribution is -0.116. The second-order valence-electron chi connectivity index (χ2n) is 4.15. The normalized spacial score (nSPS) is 11.0. The highest BCUT2D eigenvalue weighted by Crippen LogP contribution is 2.36. The zero-order chi connectivity index (χ0) is 14.7. The number of hydrogen-bond acceptors (Lipinski definition) is 3. The molecule has 0 atom stereocenters. The predicted octanol–water partition coefficient (Wildman–Crippen LogP) is 3.78. The molecule has 0 radical (unpaired) electrons. The van der Waals surface area contributed by atoms with Crippen molar-refractivity contribution in [3.63, 3.8) is 0 Å². The molecule has 2 rings (SSSR count). The molecule has 1 heterocycles. The zero-order valence-electron chi connectivity index (χ0n) is 10.6. The number of halogens is 2. The van der Waals surface area contributed by atoms with Crippen LogP contribution in [0.5, 0.6) is 0 Å². The first-order valence-electron chi connectivity index (χ1n) is 5.76. The first kappa shape index (κ1) is 15.0. The lowest BCUT2D eigenvalue weighted by Crippen LogP contribution is -2.27. The third kappa shape index (κ3) is 3.39. The predicted molar refractivity (Wildman–Crippen MR) is 85.6 cm³/mol. The Morgan fingerprint density at radius 1 is 1.30 bits per heavy atom. The molecule has 1 amide bonds. The molecule has 0 bridgehead atoms. The molecule has 20 heavy (non-hydrogen) atoms. The van der Waals surface area contributed by atoms with E-state index in [9.17, 15) is 4.79 Å². The van der Waals surface area contributed by atoms with Crippen LogP contribution < -0.4 is 11.3 Å². The summed E-state index contributed by atoms with van der Waals surface area (Å²) in [5.74, 6) is 5.86. The lowest BCUT2D eigenvalue weighted by Gasteiger charge is -2.03. The van der Waals surface area contributed by atoms with E-state index in [0.717, 1.165) is 20.1 Å². The maximum Gasteiger partial charge on any atom is 0.258 e. The van der Waals surface area contributed by atoms with Gasteiger partial charge in [-0.05, 0) is 52.7 Å². The fourth-order valence-electron chi connectivity index (χ4n) is 1.66. The number of aryl methyl sites for hydroxylation is 1. The number of amides is 1. The molecule has 0 spiro atoms. The van der Waals surface area contributed by atoms with Gasteiger partial charge < -0.3 is 4.42 Å². The SMILES string of the molecule is Cc1ccc(-c2oc(/C=C/C(=O)NN)cc2Br)c(Br)c1. The molecular weight excluding hydrogens is 388 g/mol. The minimum Gasteiger partial charge on any atom is -0.455 e. The molecule has 0 saturated carbocycles. The number of carbonyl (C=O) groups is 1. The Balaban J connectivity index is 2.36. The van der Waals surface area contributed by atoms with Gasteiger partial charge in [0.05, 0.1) is 4.47 Å². The molecule has 0 fully saturated rings. The van der Waals surface area contributed by atoms with E-state index in [1.54, 1.807) is 12.1 Å². The molecule has 0 aliphatic heterocycles. The molecular formula is C14H12Br2N2O2. The van der Waals surface area contributed by atoms with Crippen molar-refractivity contribution >= 4 is 43.8 Å². The summed E-state index contributed by atoms with van der Waals surface area (Å²) in [5, 5.41) is 0. The quantitative estimate of drug-likeness (QED) is 0.357. The average molecular weight is 400 g/mol. The summed E-state index contributed by atoms with van der Waals surface area (Å²) >= 11 is 6.98. The highest BCUT2D eigenvalue weighted by Gasteiger charge is 2.13. The minimum atomic E-state index is -0.393. The molecule has 1 aromatic heterocycles. The van der Waals surface area contributed by atoms with Crippen LogP contribution in [0.2, 0.25) is 0 Å². The van der Waals surface area contributed by atoms with Crippen molar-refractivity contribution < 1.29 is 9.21 Å². The topological polar surface area (TPSA) is 68.3 Å². The summed E-state index contributed by atoms with van der Waals surface area (Å²) in [6, 6.07) is 7.79. The third-order valence-electron chi connectivity index (χ3n) is 2.62.